The van der Waals surface area contributed by atoms with E-state index in [2.05, 4.69) is 14.6 Å². The first kappa shape index (κ1) is 20.1. The minimum atomic E-state index is -2.97. The monoisotopic (exact) mass is 383 g/mol. The van der Waals surface area contributed by atoms with E-state index in [0.717, 1.165) is 6.07 Å². The summed E-state index contributed by atoms with van der Waals surface area (Å²) >= 11 is 0. The summed E-state index contributed by atoms with van der Waals surface area (Å²) in [5.74, 6) is -1.19. The third-order valence-corrected chi connectivity index (χ3v) is 3.37. The Balaban J connectivity index is 2.03. The Morgan fingerprint density at radius 3 is 2.59 bits per heavy atom. The van der Waals surface area contributed by atoms with Crippen LogP contribution in [0.2, 0.25) is 0 Å². The highest BCUT2D eigenvalue weighted by Crippen LogP contribution is 2.28. The second-order valence-electron chi connectivity index (χ2n) is 5.09. The van der Waals surface area contributed by atoms with Gasteiger partial charge in [0.25, 0.3) is 0 Å². The molecule has 2 aromatic carbocycles. The third-order valence-electron chi connectivity index (χ3n) is 3.37. The first-order chi connectivity index (χ1) is 12.9. The lowest BCUT2D eigenvalue weighted by molar-refractivity contribution is -0.0512. The van der Waals surface area contributed by atoms with Crippen LogP contribution in [0.1, 0.15) is 21.5 Å². The highest BCUT2D eigenvalue weighted by atomic mass is 19.3. The minimum Gasteiger partial charge on any atom is -0.493 e. The Kier molecular flexibility index (Phi) is 7.04. The molecule has 9 heteroatoms. The van der Waals surface area contributed by atoms with Gasteiger partial charge in [0, 0.05) is 11.1 Å². The molecule has 6 nitrogen and oxygen atoms in total. The Labute approximate surface area is 153 Å². The van der Waals surface area contributed by atoms with E-state index in [-0.39, 0.29) is 29.2 Å². The number of hydrogen-bond donors (Lipinski definition) is 0. The maximum absolute atomic E-state index is 13.8. The second-order valence-corrected chi connectivity index (χ2v) is 5.09. The van der Waals surface area contributed by atoms with Crippen molar-refractivity contribution in [3.8, 4) is 11.5 Å². The molecule has 0 heterocycles. The van der Waals surface area contributed by atoms with Crippen LogP contribution in [0.5, 0.6) is 11.5 Å². The van der Waals surface area contributed by atoms with Gasteiger partial charge >= 0.3 is 12.6 Å². The maximum Gasteiger partial charge on any atom is 0.387 e. The van der Waals surface area contributed by atoms with Gasteiger partial charge in [-0.25, -0.2) is 9.18 Å². The van der Waals surface area contributed by atoms with Crippen LogP contribution in [0.3, 0.4) is 0 Å². The molecule has 0 bridgehead atoms. The van der Waals surface area contributed by atoms with E-state index in [4.69, 9.17) is 9.57 Å². The van der Waals surface area contributed by atoms with Crippen LogP contribution >= 0.6 is 0 Å². The van der Waals surface area contributed by atoms with Gasteiger partial charge in [-0.3, -0.25) is 0 Å². The number of methoxy groups -OCH3 is 2. The number of hydrogen-bond acceptors (Lipinski definition) is 6. The predicted molar refractivity (Wildman–Crippen MR) is 89.7 cm³/mol. The molecular formula is C18H16F3NO5. The van der Waals surface area contributed by atoms with Gasteiger partial charge in [0.05, 0.1) is 26.0 Å². The summed E-state index contributed by atoms with van der Waals surface area (Å²) in [5, 5.41) is 3.69. The highest BCUT2D eigenvalue weighted by Gasteiger charge is 2.11. The number of rotatable bonds is 8. The fourth-order valence-electron chi connectivity index (χ4n) is 2.09. The zero-order valence-electron chi connectivity index (χ0n) is 14.4. The zero-order chi connectivity index (χ0) is 19.8. The number of benzene rings is 2. The summed E-state index contributed by atoms with van der Waals surface area (Å²) in [7, 11) is 2.53. The molecule has 0 saturated heterocycles. The van der Waals surface area contributed by atoms with Crippen LogP contribution in [0, 0.1) is 5.82 Å². The standard InChI is InChI=1S/C18H16F3NO5/c1-24-16-7-11(3-6-15(16)27-18(20)21)9-22-26-10-13-8-12(17(23)25-2)4-5-14(13)19/h3-9,18H,10H2,1-2H3. The molecule has 0 unspecified atom stereocenters. The lowest BCUT2D eigenvalue weighted by atomic mass is 10.1. The first-order valence-electron chi connectivity index (χ1n) is 7.59. The van der Waals surface area contributed by atoms with Gasteiger partial charge in [0.2, 0.25) is 0 Å². The fraction of sp³-hybridized carbons (Fsp3) is 0.222. The van der Waals surface area contributed by atoms with E-state index in [1.807, 2.05) is 0 Å². The number of nitrogens with zero attached hydrogens (tertiary/aromatic N) is 1. The van der Waals surface area contributed by atoms with Crippen molar-refractivity contribution in [2.24, 2.45) is 5.16 Å². The number of carbonyl (C=O) groups is 1. The molecule has 0 N–H and O–H groups in total. The molecule has 2 aromatic rings. The van der Waals surface area contributed by atoms with Crippen molar-refractivity contribution in [1.29, 1.82) is 0 Å². The molecule has 0 aliphatic rings. The molecule has 0 aliphatic heterocycles. The normalized spacial score (nSPS) is 10.9. The topological polar surface area (TPSA) is 66.4 Å². The lowest BCUT2D eigenvalue weighted by Crippen LogP contribution is -2.04. The number of ether oxygens (including phenoxy) is 3. The summed E-state index contributed by atoms with van der Waals surface area (Å²) < 4.78 is 52.2. The summed E-state index contributed by atoms with van der Waals surface area (Å²) in [4.78, 5) is 16.5. The van der Waals surface area contributed by atoms with Gasteiger partial charge in [-0.15, -0.1) is 0 Å². The average molecular weight is 383 g/mol. The smallest absolute Gasteiger partial charge is 0.387 e. The summed E-state index contributed by atoms with van der Waals surface area (Å²) in [5.41, 5.74) is 0.784. The van der Waals surface area contributed by atoms with Gasteiger partial charge < -0.3 is 19.0 Å². The molecule has 0 radical (unpaired) electrons. The second kappa shape index (κ2) is 9.46. The zero-order valence-corrected chi connectivity index (χ0v) is 14.4. The average Bonchev–Trinajstić information content (AvgIpc) is 2.66. The number of alkyl halides is 2. The SMILES string of the molecule is COC(=O)c1ccc(F)c(CON=Cc2ccc(OC(F)F)c(OC)c2)c1. The molecule has 27 heavy (non-hydrogen) atoms. The van der Waals surface area contributed by atoms with Crippen molar-refractivity contribution in [2.45, 2.75) is 13.2 Å². The van der Waals surface area contributed by atoms with E-state index in [1.54, 1.807) is 0 Å². The van der Waals surface area contributed by atoms with Crippen LogP contribution in [0.25, 0.3) is 0 Å². The molecule has 0 aliphatic carbocycles. The van der Waals surface area contributed by atoms with Crippen LogP contribution in [0.4, 0.5) is 13.2 Å². The molecule has 2 rings (SSSR count). The molecule has 0 fully saturated rings. The Morgan fingerprint density at radius 1 is 1.15 bits per heavy atom. The van der Waals surface area contributed by atoms with E-state index >= 15 is 0 Å². The summed E-state index contributed by atoms with van der Waals surface area (Å²) in [6, 6.07) is 7.90. The predicted octanol–water partition coefficient (Wildman–Crippen LogP) is 3.77. The molecular weight excluding hydrogens is 367 g/mol. The Morgan fingerprint density at radius 2 is 1.93 bits per heavy atom. The van der Waals surface area contributed by atoms with E-state index in [9.17, 15) is 18.0 Å². The number of oxime groups is 1. The Bertz CT molecular complexity index is 827. The molecule has 0 saturated carbocycles. The van der Waals surface area contributed by atoms with Gasteiger partial charge in [-0.2, -0.15) is 8.78 Å². The van der Waals surface area contributed by atoms with E-state index in [1.165, 1.54) is 50.8 Å². The van der Waals surface area contributed by atoms with Crippen LogP contribution in [-0.2, 0) is 16.2 Å². The van der Waals surface area contributed by atoms with Gasteiger partial charge in [0.15, 0.2) is 11.5 Å². The van der Waals surface area contributed by atoms with Gasteiger partial charge in [-0.05, 0) is 36.4 Å². The van der Waals surface area contributed by atoms with Gasteiger partial charge in [-0.1, -0.05) is 5.16 Å². The van der Waals surface area contributed by atoms with Crippen molar-refractivity contribution in [2.75, 3.05) is 14.2 Å². The van der Waals surface area contributed by atoms with E-state index in [0.29, 0.717) is 5.56 Å². The quantitative estimate of drug-likeness (QED) is 0.394. The third kappa shape index (κ3) is 5.63. The van der Waals surface area contributed by atoms with Crippen LogP contribution in [0.15, 0.2) is 41.6 Å². The number of carbonyl (C=O) groups excluding carboxylic acids is 1. The van der Waals surface area contributed by atoms with Crippen molar-refractivity contribution in [1.82, 2.24) is 0 Å². The van der Waals surface area contributed by atoms with Crippen LogP contribution < -0.4 is 9.47 Å². The molecule has 0 amide bonds. The van der Waals surface area contributed by atoms with Crippen LogP contribution in [-0.4, -0.2) is 33.0 Å². The van der Waals surface area contributed by atoms with Crippen molar-refractivity contribution in [3.63, 3.8) is 0 Å². The minimum absolute atomic E-state index is 0.0936. The van der Waals surface area contributed by atoms with Crippen molar-refractivity contribution >= 4 is 12.2 Å². The molecule has 144 valence electrons. The fourth-order valence-corrected chi connectivity index (χ4v) is 2.09. The summed E-state index contributed by atoms with van der Waals surface area (Å²) in [6.45, 7) is -3.20. The molecule has 0 aromatic heterocycles. The largest absolute Gasteiger partial charge is 0.493 e. The molecule has 0 atom stereocenters. The first-order valence-corrected chi connectivity index (χ1v) is 7.59. The highest BCUT2D eigenvalue weighted by molar-refractivity contribution is 5.89. The van der Waals surface area contributed by atoms with E-state index < -0.39 is 18.4 Å². The Hall–Kier alpha value is -3.23. The summed E-state index contributed by atoms with van der Waals surface area (Å²) in [6.07, 6.45) is 1.29. The maximum atomic E-state index is 13.8. The van der Waals surface area contributed by atoms with Crippen molar-refractivity contribution < 1.29 is 37.0 Å². The number of esters is 1. The lowest BCUT2D eigenvalue weighted by Gasteiger charge is -2.10. The van der Waals surface area contributed by atoms with Crippen molar-refractivity contribution in [3.05, 3.63) is 58.9 Å². The van der Waals surface area contributed by atoms with Gasteiger partial charge in [0.1, 0.15) is 12.4 Å². The molecule has 0 spiro atoms. The number of halogens is 3.